The van der Waals surface area contributed by atoms with Gasteiger partial charge in [0.1, 0.15) is 5.75 Å². The van der Waals surface area contributed by atoms with E-state index in [0.717, 1.165) is 16.7 Å². The predicted octanol–water partition coefficient (Wildman–Crippen LogP) is 3.98. The minimum absolute atomic E-state index is 0.205. The lowest BCUT2D eigenvalue weighted by Crippen LogP contribution is -2.06. The number of carbonyl (C=O) groups excluding carboxylic acids is 1. The molecule has 0 spiro atoms. The molecule has 0 radical (unpaired) electrons. The molecular formula is C16H16O2. The van der Waals surface area contributed by atoms with Gasteiger partial charge in [-0.3, -0.25) is 4.79 Å². The summed E-state index contributed by atoms with van der Waals surface area (Å²) in [5.41, 5.74) is 3.21. The van der Waals surface area contributed by atoms with E-state index in [0.29, 0.717) is 12.2 Å². The Morgan fingerprint density at radius 3 is 2.44 bits per heavy atom. The number of esters is 1. The Labute approximate surface area is 107 Å². The highest BCUT2D eigenvalue weighted by Crippen LogP contribution is 2.29. The molecule has 2 heteroatoms. The van der Waals surface area contributed by atoms with Crippen LogP contribution < -0.4 is 4.74 Å². The molecule has 0 aromatic heterocycles. The van der Waals surface area contributed by atoms with Gasteiger partial charge in [0, 0.05) is 6.42 Å². The molecule has 2 rings (SSSR count). The molecule has 0 amide bonds. The summed E-state index contributed by atoms with van der Waals surface area (Å²) in [4.78, 5) is 11.4. The molecule has 0 atom stereocenters. The molecule has 0 saturated carbocycles. The fraction of sp³-hybridized carbons (Fsp3) is 0.188. The Kier molecular flexibility index (Phi) is 3.78. The van der Waals surface area contributed by atoms with Gasteiger partial charge in [-0.05, 0) is 29.7 Å². The van der Waals surface area contributed by atoms with Crippen LogP contribution in [0.2, 0.25) is 0 Å². The van der Waals surface area contributed by atoms with Gasteiger partial charge in [0.25, 0.3) is 0 Å². The van der Waals surface area contributed by atoms with Crippen LogP contribution in [-0.2, 0) is 4.79 Å². The number of carbonyl (C=O) groups is 1. The van der Waals surface area contributed by atoms with Gasteiger partial charge in [0.05, 0.1) is 0 Å². The van der Waals surface area contributed by atoms with E-state index in [1.807, 2.05) is 55.5 Å². The SMILES string of the molecule is CCC(=O)Oc1cccc(-c2ccccc2)c1C. The van der Waals surface area contributed by atoms with Crippen molar-refractivity contribution >= 4 is 5.97 Å². The van der Waals surface area contributed by atoms with Crippen LogP contribution >= 0.6 is 0 Å². The van der Waals surface area contributed by atoms with Crippen molar-refractivity contribution in [2.24, 2.45) is 0 Å². The molecule has 2 aromatic carbocycles. The monoisotopic (exact) mass is 240 g/mol. The van der Waals surface area contributed by atoms with Crippen LogP contribution in [0.5, 0.6) is 5.75 Å². The Morgan fingerprint density at radius 2 is 1.78 bits per heavy atom. The van der Waals surface area contributed by atoms with Crippen LogP contribution in [0.3, 0.4) is 0 Å². The molecule has 0 unspecified atom stereocenters. The number of hydrogen-bond acceptors (Lipinski definition) is 2. The molecule has 0 aliphatic heterocycles. The molecule has 0 aliphatic carbocycles. The lowest BCUT2D eigenvalue weighted by atomic mass is 10.00. The second-order valence-electron chi connectivity index (χ2n) is 4.12. The van der Waals surface area contributed by atoms with Crippen LogP contribution in [0.25, 0.3) is 11.1 Å². The van der Waals surface area contributed by atoms with E-state index in [1.54, 1.807) is 6.92 Å². The van der Waals surface area contributed by atoms with Crippen molar-refractivity contribution in [3.63, 3.8) is 0 Å². The third kappa shape index (κ3) is 2.59. The quantitative estimate of drug-likeness (QED) is 0.599. The van der Waals surface area contributed by atoms with Crippen molar-refractivity contribution in [3.05, 3.63) is 54.1 Å². The summed E-state index contributed by atoms with van der Waals surface area (Å²) in [6.45, 7) is 3.76. The van der Waals surface area contributed by atoms with E-state index in [-0.39, 0.29) is 5.97 Å². The van der Waals surface area contributed by atoms with E-state index >= 15 is 0 Å². The highest BCUT2D eigenvalue weighted by molar-refractivity contribution is 5.75. The van der Waals surface area contributed by atoms with Gasteiger partial charge in [-0.25, -0.2) is 0 Å². The van der Waals surface area contributed by atoms with Crippen molar-refractivity contribution in [2.75, 3.05) is 0 Å². The molecule has 0 bridgehead atoms. The van der Waals surface area contributed by atoms with E-state index < -0.39 is 0 Å². The summed E-state index contributed by atoms with van der Waals surface area (Å²) < 4.78 is 5.32. The maximum atomic E-state index is 11.4. The van der Waals surface area contributed by atoms with E-state index in [1.165, 1.54) is 0 Å². The number of benzene rings is 2. The number of rotatable bonds is 3. The largest absolute Gasteiger partial charge is 0.426 e. The molecule has 0 saturated heterocycles. The maximum Gasteiger partial charge on any atom is 0.310 e. The summed E-state index contributed by atoms with van der Waals surface area (Å²) in [6, 6.07) is 15.9. The standard InChI is InChI=1S/C16H16O2/c1-3-16(17)18-15-11-7-10-14(12(15)2)13-8-5-4-6-9-13/h4-11H,3H2,1-2H3. The van der Waals surface area contributed by atoms with Crippen LogP contribution in [-0.4, -0.2) is 5.97 Å². The van der Waals surface area contributed by atoms with E-state index in [4.69, 9.17) is 4.74 Å². The third-order valence-electron chi connectivity index (χ3n) is 2.88. The van der Waals surface area contributed by atoms with Gasteiger partial charge in [0.15, 0.2) is 0 Å². The van der Waals surface area contributed by atoms with Gasteiger partial charge in [0.2, 0.25) is 0 Å². The van der Waals surface area contributed by atoms with Crippen molar-refractivity contribution in [1.29, 1.82) is 0 Å². The molecule has 92 valence electrons. The van der Waals surface area contributed by atoms with Crippen molar-refractivity contribution < 1.29 is 9.53 Å². The highest BCUT2D eigenvalue weighted by Gasteiger charge is 2.09. The molecule has 0 aliphatic rings. The summed E-state index contributed by atoms with van der Waals surface area (Å²) in [7, 11) is 0. The van der Waals surface area contributed by atoms with Gasteiger partial charge in [-0.15, -0.1) is 0 Å². The number of ether oxygens (including phenoxy) is 1. The first kappa shape index (κ1) is 12.4. The fourth-order valence-electron chi connectivity index (χ4n) is 1.85. The predicted molar refractivity (Wildman–Crippen MR) is 72.5 cm³/mol. The lowest BCUT2D eigenvalue weighted by molar-refractivity contribution is -0.134. The molecule has 2 aromatic rings. The minimum atomic E-state index is -0.205. The maximum absolute atomic E-state index is 11.4. The zero-order valence-corrected chi connectivity index (χ0v) is 10.6. The van der Waals surface area contributed by atoms with E-state index in [2.05, 4.69) is 0 Å². The molecular weight excluding hydrogens is 224 g/mol. The lowest BCUT2D eigenvalue weighted by Gasteiger charge is -2.11. The molecule has 0 fully saturated rings. The zero-order valence-electron chi connectivity index (χ0n) is 10.6. The molecule has 0 N–H and O–H groups in total. The smallest absolute Gasteiger partial charge is 0.310 e. The van der Waals surface area contributed by atoms with Crippen molar-refractivity contribution in [2.45, 2.75) is 20.3 Å². The van der Waals surface area contributed by atoms with Crippen LogP contribution in [0.15, 0.2) is 48.5 Å². The summed E-state index contributed by atoms with van der Waals surface area (Å²) in [5, 5.41) is 0. The Balaban J connectivity index is 2.39. The van der Waals surface area contributed by atoms with Gasteiger partial charge in [-0.1, -0.05) is 49.4 Å². The first-order chi connectivity index (χ1) is 8.72. The van der Waals surface area contributed by atoms with Crippen LogP contribution in [0.1, 0.15) is 18.9 Å². The zero-order chi connectivity index (χ0) is 13.0. The highest BCUT2D eigenvalue weighted by atomic mass is 16.5. The topological polar surface area (TPSA) is 26.3 Å². The van der Waals surface area contributed by atoms with E-state index in [9.17, 15) is 4.79 Å². The van der Waals surface area contributed by atoms with Gasteiger partial charge >= 0.3 is 5.97 Å². The Hall–Kier alpha value is -2.09. The van der Waals surface area contributed by atoms with Crippen LogP contribution in [0, 0.1) is 6.92 Å². The number of hydrogen-bond donors (Lipinski definition) is 0. The van der Waals surface area contributed by atoms with Crippen LogP contribution in [0.4, 0.5) is 0 Å². The van der Waals surface area contributed by atoms with Gasteiger partial charge < -0.3 is 4.74 Å². The summed E-state index contributed by atoms with van der Waals surface area (Å²) in [6.07, 6.45) is 0.384. The average Bonchev–Trinajstić information content (AvgIpc) is 2.42. The average molecular weight is 240 g/mol. The summed E-state index contributed by atoms with van der Waals surface area (Å²) in [5.74, 6) is 0.437. The van der Waals surface area contributed by atoms with Crippen molar-refractivity contribution in [1.82, 2.24) is 0 Å². The molecule has 18 heavy (non-hydrogen) atoms. The Morgan fingerprint density at radius 1 is 1.06 bits per heavy atom. The van der Waals surface area contributed by atoms with Crippen molar-refractivity contribution in [3.8, 4) is 16.9 Å². The fourth-order valence-corrected chi connectivity index (χ4v) is 1.85. The minimum Gasteiger partial charge on any atom is -0.426 e. The molecule has 2 nitrogen and oxygen atoms in total. The second-order valence-corrected chi connectivity index (χ2v) is 4.12. The van der Waals surface area contributed by atoms with Gasteiger partial charge in [-0.2, -0.15) is 0 Å². The molecule has 0 heterocycles. The normalized spacial score (nSPS) is 10.1. The third-order valence-corrected chi connectivity index (χ3v) is 2.88. The summed E-state index contributed by atoms with van der Waals surface area (Å²) >= 11 is 0. The second kappa shape index (κ2) is 5.50. The first-order valence-corrected chi connectivity index (χ1v) is 6.08. The Bertz CT molecular complexity index is 544. The first-order valence-electron chi connectivity index (χ1n) is 6.08.